The highest BCUT2D eigenvalue weighted by Crippen LogP contribution is 2.25. The Balaban J connectivity index is 3.01. The molecule has 0 aliphatic heterocycles. The Hall–Kier alpha value is -1.12. The molecule has 0 saturated carbocycles. The van der Waals surface area contributed by atoms with E-state index in [1.54, 1.807) is 19.5 Å². The van der Waals surface area contributed by atoms with Crippen LogP contribution in [0.4, 0.5) is 0 Å². The first-order valence-corrected chi connectivity index (χ1v) is 4.46. The predicted octanol–water partition coefficient (Wildman–Crippen LogP) is 2.17. The summed E-state index contributed by atoms with van der Waals surface area (Å²) in [5.74, 6) is 0.582. The average Bonchev–Trinajstić information content (AvgIpc) is 2.18. The largest absolute Gasteiger partial charge is 0.480 e. The molecule has 0 amide bonds. The molecule has 0 N–H and O–H groups in total. The van der Waals surface area contributed by atoms with Crippen LogP contribution in [-0.2, 0) is 5.41 Å². The highest BCUT2D eigenvalue weighted by molar-refractivity contribution is 5.15. The third-order valence-corrected chi connectivity index (χ3v) is 2.40. The van der Waals surface area contributed by atoms with Gasteiger partial charge in [-0.05, 0) is 6.42 Å². The van der Waals surface area contributed by atoms with Crippen LogP contribution in [0.25, 0.3) is 0 Å². The Morgan fingerprint density at radius 1 is 1.38 bits per heavy atom. The molecule has 0 aliphatic rings. The van der Waals surface area contributed by atoms with Gasteiger partial charge in [-0.1, -0.05) is 20.8 Å². The van der Waals surface area contributed by atoms with Crippen molar-refractivity contribution in [3.8, 4) is 5.88 Å². The molecule has 0 bridgehead atoms. The Labute approximate surface area is 79.2 Å². The molecule has 0 unspecified atom stereocenters. The topological polar surface area (TPSA) is 35.0 Å². The van der Waals surface area contributed by atoms with E-state index in [1.807, 2.05) is 0 Å². The van der Waals surface area contributed by atoms with Crippen LogP contribution in [0, 0.1) is 0 Å². The van der Waals surface area contributed by atoms with Gasteiger partial charge in [0.2, 0.25) is 5.88 Å². The molecular formula is C10H16N2O. The lowest BCUT2D eigenvalue weighted by Crippen LogP contribution is -2.17. The third-order valence-electron chi connectivity index (χ3n) is 2.40. The quantitative estimate of drug-likeness (QED) is 0.715. The zero-order valence-electron chi connectivity index (χ0n) is 8.66. The Morgan fingerprint density at radius 3 is 2.62 bits per heavy atom. The van der Waals surface area contributed by atoms with Crippen LogP contribution in [-0.4, -0.2) is 17.1 Å². The second kappa shape index (κ2) is 3.73. The predicted molar refractivity (Wildman–Crippen MR) is 51.9 cm³/mol. The molecule has 1 aromatic rings. The van der Waals surface area contributed by atoms with Gasteiger partial charge >= 0.3 is 0 Å². The smallest absolute Gasteiger partial charge is 0.232 e. The van der Waals surface area contributed by atoms with E-state index in [0.29, 0.717) is 5.88 Å². The molecule has 1 aromatic heterocycles. The summed E-state index contributed by atoms with van der Waals surface area (Å²) in [5, 5.41) is 0. The molecule has 3 nitrogen and oxygen atoms in total. The fourth-order valence-corrected chi connectivity index (χ4v) is 0.954. The van der Waals surface area contributed by atoms with E-state index >= 15 is 0 Å². The van der Waals surface area contributed by atoms with Crippen molar-refractivity contribution in [2.45, 2.75) is 32.6 Å². The summed E-state index contributed by atoms with van der Waals surface area (Å²) in [5.41, 5.74) is 1.05. The highest BCUT2D eigenvalue weighted by Gasteiger charge is 2.20. The minimum atomic E-state index is 0.0710. The van der Waals surface area contributed by atoms with E-state index in [2.05, 4.69) is 30.7 Å². The number of methoxy groups -OCH3 is 1. The second-order valence-corrected chi connectivity index (χ2v) is 3.68. The molecular weight excluding hydrogens is 164 g/mol. The van der Waals surface area contributed by atoms with E-state index in [9.17, 15) is 0 Å². The van der Waals surface area contributed by atoms with E-state index < -0.39 is 0 Å². The number of hydrogen-bond donors (Lipinski definition) is 0. The van der Waals surface area contributed by atoms with E-state index in [1.165, 1.54) is 0 Å². The maximum atomic E-state index is 5.02. The summed E-state index contributed by atoms with van der Waals surface area (Å²) in [6, 6.07) is 0. The summed E-state index contributed by atoms with van der Waals surface area (Å²) < 4.78 is 5.02. The van der Waals surface area contributed by atoms with Crippen LogP contribution in [0.1, 0.15) is 32.9 Å². The van der Waals surface area contributed by atoms with E-state index in [0.717, 1.165) is 12.1 Å². The molecule has 0 atom stereocenters. The Morgan fingerprint density at radius 2 is 2.08 bits per heavy atom. The van der Waals surface area contributed by atoms with Crippen LogP contribution in [0.5, 0.6) is 5.88 Å². The first-order chi connectivity index (χ1) is 6.10. The van der Waals surface area contributed by atoms with Crippen LogP contribution in [0.15, 0.2) is 12.4 Å². The number of rotatable bonds is 3. The standard InChI is InChI=1S/C10H16N2O/c1-5-10(2,3)8-6-11-7-9(12-8)13-4/h6-7H,5H2,1-4H3. The van der Waals surface area contributed by atoms with Crippen molar-refractivity contribution in [3.05, 3.63) is 18.1 Å². The lowest BCUT2D eigenvalue weighted by atomic mass is 9.87. The van der Waals surface area contributed by atoms with Gasteiger partial charge in [0.05, 0.1) is 19.0 Å². The lowest BCUT2D eigenvalue weighted by Gasteiger charge is -2.21. The molecule has 1 rings (SSSR count). The molecule has 0 spiro atoms. The van der Waals surface area contributed by atoms with E-state index in [4.69, 9.17) is 4.74 Å². The molecule has 0 aromatic carbocycles. The number of aromatic nitrogens is 2. The average molecular weight is 180 g/mol. The second-order valence-electron chi connectivity index (χ2n) is 3.68. The summed E-state index contributed by atoms with van der Waals surface area (Å²) in [4.78, 5) is 8.43. The van der Waals surface area contributed by atoms with Crippen molar-refractivity contribution in [2.75, 3.05) is 7.11 Å². The highest BCUT2D eigenvalue weighted by atomic mass is 16.5. The monoisotopic (exact) mass is 180 g/mol. The van der Waals surface area contributed by atoms with Crippen molar-refractivity contribution >= 4 is 0 Å². The lowest BCUT2D eigenvalue weighted by molar-refractivity contribution is 0.385. The summed E-state index contributed by atoms with van der Waals surface area (Å²) in [6.45, 7) is 6.44. The summed E-state index contributed by atoms with van der Waals surface area (Å²) >= 11 is 0. The van der Waals surface area contributed by atoms with Gasteiger partial charge in [-0.3, -0.25) is 4.98 Å². The molecule has 0 saturated heterocycles. The van der Waals surface area contributed by atoms with Gasteiger partial charge in [-0.2, -0.15) is 0 Å². The maximum absolute atomic E-state index is 5.02. The fraction of sp³-hybridized carbons (Fsp3) is 0.600. The van der Waals surface area contributed by atoms with Crippen molar-refractivity contribution in [3.63, 3.8) is 0 Å². The van der Waals surface area contributed by atoms with Crippen LogP contribution in [0.3, 0.4) is 0 Å². The van der Waals surface area contributed by atoms with Gasteiger partial charge in [0, 0.05) is 11.6 Å². The zero-order valence-corrected chi connectivity index (χ0v) is 8.66. The van der Waals surface area contributed by atoms with E-state index in [-0.39, 0.29) is 5.41 Å². The third kappa shape index (κ3) is 2.17. The summed E-state index contributed by atoms with van der Waals surface area (Å²) in [6.07, 6.45) is 4.45. The minimum Gasteiger partial charge on any atom is -0.480 e. The SMILES string of the molecule is CCC(C)(C)c1cncc(OC)n1. The van der Waals surface area contributed by atoms with Gasteiger partial charge in [-0.15, -0.1) is 0 Å². The first kappa shape index (κ1) is 9.96. The van der Waals surface area contributed by atoms with Crippen molar-refractivity contribution < 1.29 is 4.74 Å². The van der Waals surface area contributed by atoms with Crippen LogP contribution in [0.2, 0.25) is 0 Å². The number of ether oxygens (including phenoxy) is 1. The summed E-state index contributed by atoms with van der Waals surface area (Å²) in [7, 11) is 1.60. The van der Waals surface area contributed by atoms with Gasteiger partial charge < -0.3 is 4.74 Å². The normalized spacial score (nSPS) is 11.4. The molecule has 3 heteroatoms. The number of hydrogen-bond acceptors (Lipinski definition) is 3. The molecule has 13 heavy (non-hydrogen) atoms. The fourth-order valence-electron chi connectivity index (χ4n) is 0.954. The molecule has 0 fully saturated rings. The minimum absolute atomic E-state index is 0.0710. The molecule has 0 radical (unpaired) electrons. The van der Waals surface area contributed by atoms with Gasteiger partial charge in [0.15, 0.2) is 0 Å². The Kier molecular flexibility index (Phi) is 2.86. The van der Waals surface area contributed by atoms with Gasteiger partial charge in [0.1, 0.15) is 0 Å². The first-order valence-electron chi connectivity index (χ1n) is 4.46. The molecule has 1 heterocycles. The Bertz CT molecular complexity index is 284. The van der Waals surface area contributed by atoms with Crippen LogP contribution >= 0.6 is 0 Å². The molecule has 0 aliphatic carbocycles. The van der Waals surface area contributed by atoms with Crippen LogP contribution < -0.4 is 4.74 Å². The maximum Gasteiger partial charge on any atom is 0.232 e. The zero-order chi connectivity index (χ0) is 9.90. The van der Waals surface area contributed by atoms with Crippen molar-refractivity contribution in [2.24, 2.45) is 0 Å². The molecule has 72 valence electrons. The van der Waals surface area contributed by atoms with Crippen molar-refractivity contribution in [1.82, 2.24) is 9.97 Å². The van der Waals surface area contributed by atoms with Crippen molar-refractivity contribution in [1.29, 1.82) is 0 Å². The van der Waals surface area contributed by atoms with Gasteiger partial charge in [-0.25, -0.2) is 4.98 Å². The number of nitrogens with zero attached hydrogens (tertiary/aromatic N) is 2. The van der Waals surface area contributed by atoms with Gasteiger partial charge in [0.25, 0.3) is 0 Å².